The average molecular weight is 562 g/mol. The van der Waals surface area contributed by atoms with Gasteiger partial charge in [-0.05, 0) is 56.9 Å². The number of nitrogens with one attached hydrogen (secondary N) is 3. The first-order valence-corrected chi connectivity index (χ1v) is 13.3. The molecule has 0 aromatic heterocycles. The molecule has 0 aliphatic rings. The minimum Gasteiger partial charge on any atom is -0.491 e. The van der Waals surface area contributed by atoms with Crippen molar-refractivity contribution >= 4 is 12.2 Å². The zero-order valence-corrected chi connectivity index (χ0v) is 23.6. The summed E-state index contributed by atoms with van der Waals surface area (Å²) in [6.45, 7) is 6.18. The van der Waals surface area contributed by atoms with Crippen molar-refractivity contribution in [1.82, 2.24) is 16.0 Å². The van der Waals surface area contributed by atoms with Crippen LogP contribution in [-0.4, -0.2) is 90.8 Å². The molecule has 2 aromatic rings. The molecule has 0 aliphatic heterocycles. The summed E-state index contributed by atoms with van der Waals surface area (Å²) in [4.78, 5) is 23.8. The monoisotopic (exact) mass is 561 g/mol. The van der Waals surface area contributed by atoms with Crippen LogP contribution in [0.4, 0.5) is 9.59 Å². The number of aliphatic hydroxyl groups excluding tert-OH is 2. The second-order valence-electron chi connectivity index (χ2n) is 10.5. The molecule has 11 nitrogen and oxygen atoms in total. The van der Waals surface area contributed by atoms with Crippen LogP contribution < -0.4 is 20.7 Å². The molecule has 0 saturated heterocycles. The van der Waals surface area contributed by atoms with Gasteiger partial charge in [-0.15, -0.1) is 0 Å². The Morgan fingerprint density at radius 2 is 1.38 bits per heavy atom. The fourth-order valence-electron chi connectivity index (χ4n) is 3.93. The first kappa shape index (κ1) is 32.8. The number of carbonyl (C=O) groups is 2. The van der Waals surface area contributed by atoms with E-state index < -0.39 is 42.1 Å². The predicted octanol–water partition coefficient (Wildman–Crippen LogP) is 2.34. The van der Waals surface area contributed by atoms with E-state index in [0.717, 1.165) is 11.1 Å². The number of carboxylic acid groups (broad SMARTS) is 1. The molecule has 0 fully saturated rings. The summed E-state index contributed by atoms with van der Waals surface area (Å²) in [5, 5.41) is 39.1. The smallest absolute Gasteiger partial charge is 0.407 e. The fourth-order valence-corrected chi connectivity index (χ4v) is 3.93. The second-order valence-corrected chi connectivity index (χ2v) is 10.5. The lowest BCUT2D eigenvalue weighted by Crippen LogP contribution is -2.52. The Hall–Kier alpha value is -3.38. The van der Waals surface area contributed by atoms with Crippen LogP contribution in [0.2, 0.25) is 0 Å². The summed E-state index contributed by atoms with van der Waals surface area (Å²) in [6.07, 6.45) is -3.41. The van der Waals surface area contributed by atoms with Crippen LogP contribution in [-0.2, 0) is 22.3 Å². The molecule has 0 spiro atoms. The van der Waals surface area contributed by atoms with Gasteiger partial charge in [-0.25, -0.2) is 9.59 Å². The van der Waals surface area contributed by atoms with E-state index >= 15 is 0 Å². The zero-order chi connectivity index (χ0) is 29.5. The number of rotatable bonds is 16. The number of carbonyl (C=O) groups excluding carboxylic acids is 1. The Kier molecular flexibility index (Phi) is 13.7. The number of amides is 2. The molecule has 0 saturated carbocycles. The van der Waals surface area contributed by atoms with Gasteiger partial charge in [0.1, 0.15) is 18.0 Å². The molecule has 2 rings (SSSR count). The first-order chi connectivity index (χ1) is 19.0. The SMILES string of the molecule is COCCOc1ccc(C[C@H](NC(=O)O)[C@H](O)CNCC(O)[C@H](Cc2ccccc2)NC(=O)OC(C)(C)C)cc1. The number of benzene rings is 2. The van der Waals surface area contributed by atoms with E-state index in [4.69, 9.17) is 14.2 Å². The van der Waals surface area contributed by atoms with Gasteiger partial charge < -0.3 is 45.5 Å². The number of methoxy groups -OCH3 is 1. The van der Waals surface area contributed by atoms with E-state index in [9.17, 15) is 24.9 Å². The number of aliphatic hydroxyl groups is 2. The maximum Gasteiger partial charge on any atom is 0.407 e. The molecule has 6 N–H and O–H groups in total. The molecule has 2 amide bonds. The molecule has 4 atom stereocenters. The van der Waals surface area contributed by atoms with E-state index in [1.807, 2.05) is 30.3 Å². The minimum atomic E-state index is -1.26. The molecule has 0 heterocycles. The third-order valence-corrected chi connectivity index (χ3v) is 5.88. The van der Waals surface area contributed by atoms with Gasteiger partial charge in [-0.1, -0.05) is 42.5 Å². The Morgan fingerprint density at radius 1 is 0.825 bits per heavy atom. The number of hydrogen-bond donors (Lipinski definition) is 6. The maximum absolute atomic E-state index is 12.4. The number of ether oxygens (including phenoxy) is 3. The lowest BCUT2D eigenvalue weighted by atomic mass is 10.00. The van der Waals surface area contributed by atoms with Crippen molar-refractivity contribution in [2.75, 3.05) is 33.4 Å². The van der Waals surface area contributed by atoms with Gasteiger partial charge in [0.2, 0.25) is 0 Å². The molecule has 40 heavy (non-hydrogen) atoms. The van der Waals surface area contributed by atoms with Crippen LogP contribution in [0.1, 0.15) is 31.9 Å². The summed E-state index contributed by atoms with van der Waals surface area (Å²) >= 11 is 0. The molecular formula is C29H43N3O8. The van der Waals surface area contributed by atoms with E-state index in [2.05, 4.69) is 16.0 Å². The first-order valence-electron chi connectivity index (χ1n) is 13.3. The van der Waals surface area contributed by atoms with E-state index in [1.165, 1.54) is 0 Å². The van der Waals surface area contributed by atoms with Crippen molar-refractivity contribution in [3.05, 3.63) is 65.7 Å². The van der Waals surface area contributed by atoms with Gasteiger partial charge in [0.15, 0.2) is 0 Å². The average Bonchev–Trinajstić information content (AvgIpc) is 2.88. The van der Waals surface area contributed by atoms with Crippen molar-refractivity contribution in [2.45, 2.75) is 63.5 Å². The summed E-state index contributed by atoms with van der Waals surface area (Å²) in [5.41, 5.74) is 1.03. The van der Waals surface area contributed by atoms with Gasteiger partial charge in [-0.3, -0.25) is 0 Å². The van der Waals surface area contributed by atoms with Crippen molar-refractivity contribution in [1.29, 1.82) is 0 Å². The highest BCUT2D eigenvalue weighted by Crippen LogP contribution is 2.15. The van der Waals surface area contributed by atoms with Gasteiger partial charge in [0, 0.05) is 20.2 Å². The standard InChI is InChI=1S/C29H43N3O8/c1-29(2,3)40-28(37)32-24(16-20-8-6-5-7-9-20)26(34)19-30-18-25(33)23(31-27(35)36)17-21-10-12-22(13-11-21)39-15-14-38-4/h5-13,23-26,30-31,33-34H,14-19H2,1-4H3,(H,32,37)(H,35,36)/t23-,24-,25+,26?/m0/s1. The highest BCUT2D eigenvalue weighted by molar-refractivity contribution is 5.68. The molecule has 0 radical (unpaired) electrons. The van der Waals surface area contributed by atoms with Gasteiger partial charge in [0.25, 0.3) is 0 Å². The Labute approximate surface area is 235 Å². The predicted molar refractivity (Wildman–Crippen MR) is 151 cm³/mol. The summed E-state index contributed by atoms with van der Waals surface area (Å²) < 4.78 is 15.9. The normalized spacial score (nSPS) is 14.4. The third kappa shape index (κ3) is 13.1. The van der Waals surface area contributed by atoms with Crippen LogP contribution in [0.5, 0.6) is 5.75 Å². The highest BCUT2D eigenvalue weighted by atomic mass is 16.6. The van der Waals surface area contributed by atoms with Gasteiger partial charge in [0.05, 0.1) is 30.9 Å². The summed E-state index contributed by atoms with van der Waals surface area (Å²) in [7, 11) is 1.59. The van der Waals surface area contributed by atoms with Crippen molar-refractivity contribution < 1.29 is 39.1 Å². The summed E-state index contributed by atoms with van der Waals surface area (Å²) in [6, 6.07) is 15.1. The Morgan fingerprint density at radius 3 is 1.90 bits per heavy atom. The van der Waals surface area contributed by atoms with Crippen LogP contribution in [0.25, 0.3) is 0 Å². The van der Waals surface area contributed by atoms with Gasteiger partial charge >= 0.3 is 12.2 Å². The van der Waals surface area contributed by atoms with Crippen molar-refractivity contribution in [3.63, 3.8) is 0 Å². The topological polar surface area (TPSA) is 159 Å². The lowest BCUT2D eigenvalue weighted by Gasteiger charge is -2.28. The molecule has 222 valence electrons. The molecule has 11 heteroatoms. The van der Waals surface area contributed by atoms with Crippen LogP contribution >= 0.6 is 0 Å². The summed E-state index contributed by atoms with van der Waals surface area (Å²) in [5.74, 6) is 0.657. The highest BCUT2D eigenvalue weighted by Gasteiger charge is 2.26. The lowest BCUT2D eigenvalue weighted by molar-refractivity contribution is 0.0416. The molecule has 1 unspecified atom stereocenters. The number of hydrogen-bond acceptors (Lipinski definition) is 8. The van der Waals surface area contributed by atoms with Gasteiger partial charge in [-0.2, -0.15) is 0 Å². The molecule has 2 aromatic carbocycles. The quantitative estimate of drug-likeness (QED) is 0.169. The van der Waals surface area contributed by atoms with Crippen molar-refractivity contribution in [3.8, 4) is 5.75 Å². The van der Waals surface area contributed by atoms with Crippen LogP contribution in [0, 0.1) is 0 Å². The van der Waals surface area contributed by atoms with E-state index in [-0.39, 0.29) is 19.5 Å². The maximum atomic E-state index is 12.4. The zero-order valence-electron chi connectivity index (χ0n) is 23.6. The third-order valence-electron chi connectivity index (χ3n) is 5.88. The minimum absolute atomic E-state index is 0.00468. The number of alkyl carbamates (subject to hydrolysis) is 1. The molecular weight excluding hydrogens is 518 g/mol. The second kappa shape index (κ2) is 16.7. The van der Waals surface area contributed by atoms with Crippen molar-refractivity contribution in [2.24, 2.45) is 0 Å². The fraction of sp³-hybridized carbons (Fsp3) is 0.517. The Bertz CT molecular complexity index is 1010. The molecule has 0 bridgehead atoms. The van der Waals surface area contributed by atoms with E-state index in [1.54, 1.807) is 52.1 Å². The molecule has 0 aliphatic carbocycles. The van der Waals surface area contributed by atoms with E-state index in [0.29, 0.717) is 25.4 Å². The van der Waals surface area contributed by atoms with Crippen LogP contribution in [0.3, 0.4) is 0 Å². The van der Waals surface area contributed by atoms with Crippen LogP contribution in [0.15, 0.2) is 54.6 Å². The Balaban J connectivity index is 1.96. The largest absolute Gasteiger partial charge is 0.491 e.